The highest BCUT2D eigenvalue weighted by Gasteiger charge is 1.99. The third-order valence-electron chi connectivity index (χ3n) is 1.95. The summed E-state index contributed by atoms with van der Waals surface area (Å²) < 4.78 is 12.6. The fourth-order valence-electron chi connectivity index (χ4n) is 1.17. The Labute approximate surface area is 96.4 Å². The summed E-state index contributed by atoms with van der Waals surface area (Å²) in [4.78, 5) is 15.1. The Hall–Kier alpha value is -2.50. The van der Waals surface area contributed by atoms with Gasteiger partial charge in [-0.2, -0.15) is 10.1 Å². The van der Waals surface area contributed by atoms with Crippen LogP contribution < -0.4 is 5.32 Å². The molecule has 6 heteroatoms. The number of nitrogens with one attached hydrogen (secondary N) is 2. The van der Waals surface area contributed by atoms with E-state index in [1.54, 1.807) is 18.2 Å². The third-order valence-corrected chi connectivity index (χ3v) is 1.95. The van der Waals surface area contributed by atoms with Gasteiger partial charge in [0.05, 0.1) is 0 Å². The molecule has 0 aliphatic carbocycles. The summed E-state index contributed by atoms with van der Waals surface area (Å²) in [5.74, 6) is -0.377. The van der Waals surface area contributed by atoms with Gasteiger partial charge in [-0.3, -0.25) is 10.1 Å². The van der Waals surface area contributed by atoms with Crippen LogP contribution in [-0.4, -0.2) is 21.1 Å². The molecular formula is C11H9FN4O. The Bertz CT molecular complexity index is 519. The van der Waals surface area contributed by atoms with Crippen molar-refractivity contribution in [3.63, 3.8) is 0 Å². The lowest BCUT2D eigenvalue weighted by Gasteiger charge is -1.95. The largest absolute Gasteiger partial charge is 0.291 e. The number of halogens is 1. The monoisotopic (exact) mass is 232 g/mol. The van der Waals surface area contributed by atoms with Gasteiger partial charge < -0.3 is 0 Å². The number of benzene rings is 1. The topological polar surface area (TPSA) is 70.7 Å². The molecule has 1 aromatic carbocycles. The lowest BCUT2D eigenvalue weighted by atomic mass is 10.2. The zero-order chi connectivity index (χ0) is 12.1. The highest BCUT2D eigenvalue weighted by molar-refractivity contribution is 6.00. The van der Waals surface area contributed by atoms with Crippen LogP contribution in [0, 0.1) is 5.82 Å². The number of aromatic nitrogens is 3. The first-order chi connectivity index (χ1) is 8.24. The Kier molecular flexibility index (Phi) is 3.25. The molecule has 86 valence electrons. The normalized spacial score (nSPS) is 10.6. The first kappa shape index (κ1) is 11.0. The van der Waals surface area contributed by atoms with Gasteiger partial charge in [0.2, 0.25) is 5.95 Å². The molecule has 0 aliphatic heterocycles. The van der Waals surface area contributed by atoms with Gasteiger partial charge in [-0.25, -0.2) is 9.49 Å². The summed E-state index contributed by atoms with van der Waals surface area (Å²) in [6, 6.07) is 5.81. The van der Waals surface area contributed by atoms with Crippen molar-refractivity contribution >= 4 is 17.9 Å². The van der Waals surface area contributed by atoms with Crippen molar-refractivity contribution < 1.29 is 9.18 Å². The summed E-state index contributed by atoms with van der Waals surface area (Å²) in [7, 11) is 0. The van der Waals surface area contributed by atoms with Gasteiger partial charge in [-0.05, 0) is 23.8 Å². The van der Waals surface area contributed by atoms with Gasteiger partial charge in [-0.15, -0.1) is 0 Å². The van der Waals surface area contributed by atoms with Crippen LogP contribution in [-0.2, 0) is 4.79 Å². The van der Waals surface area contributed by atoms with E-state index in [2.05, 4.69) is 20.5 Å². The van der Waals surface area contributed by atoms with Crippen LogP contribution in [0.15, 0.2) is 36.7 Å². The van der Waals surface area contributed by atoms with Crippen LogP contribution in [0.1, 0.15) is 5.56 Å². The van der Waals surface area contributed by atoms with Crippen molar-refractivity contribution in [3.8, 4) is 0 Å². The second kappa shape index (κ2) is 5.02. The Balaban J connectivity index is 1.96. The average Bonchev–Trinajstić information content (AvgIpc) is 2.81. The quantitative estimate of drug-likeness (QED) is 0.789. The molecule has 0 saturated carbocycles. The van der Waals surface area contributed by atoms with Crippen LogP contribution in [0.3, 0.4) is 0 Å². The average molecular weight is 232 g/mol. The lowest BCUT2D eigenvalue weighted by Crippen LogP contribution is -2.08. The maximum Gasteiger partial charge on any atom is 0.250 e. The predicted octanol–water partition coefficient (Wildman–Crippen LogP) is 1.60. The van der Waals surface area contributed by atoms with Crippen molar-refractivity contribution in [1.29, 1.82) is 0 Å². The molecule has 1 heterocycles. The van der Waals surface area contributed by atoms with Crippen molar-refractivity contribution in [1.82, 2.24) is 15.2 Å². The van der Waals surface area contributed by atoms with E-state index in [4.69, 9.17) is 0 Å². The fourth-order valence-corrected chi connectivity index (χ4v) is 1.17. The van der Waals surface area contributed by atoms with E-state index in [0.29, 0.717) is 0 Å². The van der Waals surface area contributed by atoms with Gasteiger partial charge in [0.25, 0.3) is 5.91 Å². The van der Waals surface area contributed by atoms with E-state index >= 15 is 0 Å². The van der Waals surface area contributed by atoms with Crippen molar-refractivity contribution in [3.05, 3.63) is 48.0 Å². The zero-order valence-electron chi connectivity index (χ0n) is 8.72. The summed E-state index contributed by atoms with van der Waals surface area (Å²) in [5.41, 5.74) is 0.735. The minimum Gasteiger partial charge on any atom is -0.291 e. The number of nitrogens with zero attached hydrogens (tertiary/aromatic N) is 2. The van der Waals surface area contributed by atoms with E-state index in [1.165, 1.54) is 24.5 Å². The molecule has 2 N–H and O–H groups in total. The van der Waals surface area contributed by atoms with E-state index < -0.39 is 0 Å². The predicted molar refractivity (Wildman–Crippen MR) is 60.4 cm³/mol. The summed E-state index contributed by atoms with van der Waals surface area (Å²) >= 11 is 0. The standard InChI is InChI=1S/C11H9FN4O/c12-9-4-1-8(2-5-9)3-6-10(17)15-11-13-7-14-16-11/h1-7H,(H2,13,14,15,16,17)/b6-3+. The molecule has 0 bridgehead atoms. The Morgan fingerprint density at radius 1 is 1.35 bits per heavy atom. The molecule has 0 spiro atoms. The molecule has 0 atom stereocenters. The minimum atomic E-state index is -0.342. The van der Waals surface area contributed by atoms with E-state index in [9.17, 15) is 9.18 Å². The molecule has 0 fully saturated rings. The molecule has 0 unspecified atom stereocenters. The molecule has 2 aromatic rings. The number of anilines is 1. The van der Waals surface area contributed by atoms with Gasteiger partial charge in [0.1, 0.15) is 12.1 Å². The fraction of sp³-hybridized carbons (Fsp3) is 0. The maximum atomic E-state index is 12.6. The molecule has 2 rings (SSSR count). The van der Waals surface area contributed by atoms with Gasteiger partial charge in [-0.1, -0.05) is 12.1 Å². The Morgan fingerprint density at radius 2 is 2.12 bits per heavy atom. The van der Waals surface area contributed by atoms with Crippen LogP contribution in [0.2, 0.25) is 0 Å². The molecule has 0 saturated heterocycles. The van der Waals surface area contributed by atoms with Crippen molar-refractivity contribution in [2.45, 2.75) is 0 Å². The number of hydrogen-bond acceptors (Lipinski definition) is 3. The number of carbonyl (C=O) groups is 1. The summed E-state index contributed by atoms with van der Waals surface area (Å²) in [6.45, 7) is 0. The SMILES string of the molecule is O=C(/C=C/c1ccc(F)cc1)Nc1ncn[nH]1. The van der Waals surface area contributed by atoms with E-state index in [0.717, 1.165) is 5.56 Å². The molecule has 0 radical (unpaired) electrons. The summed E-state index contributed by atoms with van der Waals surface area (Å²) in [6.07, 6.45) is 4.19. The van der Waals surface area contributed by atoms with Crippen LogP contribution in [0.4, 0.5) is 10.3 Å². The highest BCUT2D eigenvalue weighted by Crippen LogP contribution is 2.04. The first-order valence-electron chi connectivity index (χ1n) is 4.84. The van der Waals surface area contributed by atoms with E-state index in [1.807, 2.05) is 0 Å². The van der Waals surface area contributed by atoms with E-state index in [-0.39, 0.29) is 17.7 Å². The number of amides is 1. The zero-order valence-corrected chi connectivity index (χ0v) is 8.72. The second-order valence-electron chi connectivity index (χ2n) is 3.21. The molecule has 5 nitrogen and oxygen atoms in total. The maximum absolute atomic E-state index is 12.6. The molecule has 17 heavy (non-hydrogen) atoms. The second-order valence-corrected chi connectivity index (χ2v) is 3.21. The number of carbonyl (C=O) groups excluding carboxylic acids is 1. The minimum absolute atomic E-state index is 0.277. The first-order valence-corrected chi connectivity index (χ1v) is 4.84. The number of hydrogen-bond donors (Lipinski definition) is 2. The number of aromatic amines is 1. The molecule has 0 aliphatic rings. The van der Waals surface area contributed by atoms with Crippen LogP contribution >= 0.6 is 0 Å². The van der Waals surface area contributed by atoms with Gasteiger partial charge in [0, 0.05) is 6.08 Å². The van der Waals surface area contributed by atoms with Gasteiger partial charge >= 0.3 is 0 Å². The molecule has 1 aromatic heterocycles. The molecular weight excluding hydrogens is 223 g/mol. The highest BCUT2D eigenvalue weighted by atomic mass is 19.1. The number of rotatable bonds is 3. The third kappa shape index (κ3) is 3.23. The van der Waals surface area contributed by atoms with Gasteiger partial charge in [0.15, 0.2) is 0 Å². The molecule has 1 amide bonds. The lowest BCUT2D eigenvalue weighted by molar-refractivity contribution is -0.111. The Morgan fingerprint density at radius 3 is 2.76 bits per heavy atom. The van der Waals surface area contributed by atoms with Crippen molar-refractivity contribution in [2.75, 3.05) is 5.32 Å². The van der Waals surface area contributed by atoms with Crippen LogP contribution in [0.25, 0.3) is 6.08 Å². The van der Waals surface area contributed by atoms with Crippen molar-refractivity contribution in [2.24, 2.45) is 0 Å². The van der Waals surface area contributed by atoms with Crippen LogP contribution in [0.5, 0.6) is 0 Å². The summed E-state index contributed by atoms with van der Waals surface area (Å²) in [5, 5.41) is 8.56. The number of H-pyrrole nitrogens is 1. The smallest absolute Gasteiger partial charge is 0.250 e.